The number of aliphatic carboxylic acids is 1. The largest absolute Gasteiger partial charge is 0.481 e. The number of nitrogens with one attached hydrogen (secondary N) is 2. The van der Waals surface area contributed by atoms with Crippen LogP contribution in [0.4, 0.5) is 5.69 Å². The van der Waals surface area contributed by atoms with Crippen LogP contribution in [0.25, 0.3) is 0 Å². The number of carboxylic acid groups (broad SMARTS) is 1. The Labute approximate surface area is 118 Å². The van der Waals surface area contributed by atoms with E-state index in [4.69, 9.17) is 5.11 Å². The Morgan fingerprint density at radius 2 is 2.19 bits per heavy atom. The van der Waals surface area contributed by atoms with E-state index in [1.165, 1.54) is 0 Å². The molecule has 1 aromatic rings. The third kappa shape index (κ3) is 3.65. The first kappa shape index (κ1) is 14.7. The van der Waals surface area contributed by atoms with Gasteiger partial charge in [-0.2, -0.15) is 0 Å². The molecule has 0 radical (unpaired) electrons. The number of carbonyl (C=O) groups excluding carboxylic acids is 1. The first-order valence-electron chi connectivity index (χ1n) is 6.28. The van der Waals surface area contributed by atoms with Gasteiger partial charge in [0.05, 0.1) is 17.5 Å². The summed E-state index contributed by atoms with van der Waals surface area (Å²) < 4.78 is 0. The van der Waals surface area contributed by atoms with Crippen molar-refractivity contribution in [3.63, 3.8) is 0 Å². The molecule has 1 unspecified atom stereocenters. The van der Waals surface area contributed by atoms with Crippen molar-refractivity contribution in [2.24, 2.45) is 5.92 Å². The number of nitro groups is 1. The number of hydrogen-bond acceptors (Lipinski definition) is 5. The molecular weight excluding hydrogens is 282 g/mol. The Morgan fingerprint density at radius 3 is 2.71 bits per heavy atom. The van der Waals surface area contributed by atoms with Crippen LogP contribution in [0.3, 0.4) is 0 Å². The Hall–Kier alpha value is -2.71. The van der Waals surface area contributed by atoms with Gasteiger partial charge in [-0.1, -0.05) is 0 Å². The van der Waals surface area contributed by atoms with Crippen LogP contribution in [0.1, 0.15) is 29.6 Å². The average molecular weight is 295 g/mol. The van der Waals surface area contributed by atoms with Gasteiger partial charge in [0.2, 0.25) is 0 Å². The van der Waals surface area contributed by atoms with Crippen LogP contribution in [-0.4, -0.2) is 32.9 Å². The van der Waals surface area contributed by atoms with Gasteiger partial charge in [-0.25, -0.2) is 0 Å². The fourth-order valence-electron chi connectivity index (χ4n) is 2.01. The van der Waals surface area contributed by atoms with Crippen LogP contribution in [0.5, 0.6) is 0 Å². The lowest BCUT2D eigenvalue weighted by Gasteiger charge is -2.15. The number of rotatable bonds is 6. The molecule has 1 aliphatic carbocycles. The average Bonchev–Trinajstić information content (AvgIpc) is 3.21. The zero-order valence-electron chi connectivity index (χ0n) is 10.9. The van der Waals surface area contributed by atoms with Gasteiger partial charge in [0.25, 0.3) is 17.2 Å². The molecule has 0 aliphatic heterocycles. The van der Waals surface area contributed by atoms with Crippen molar-refractivity contribution < 1.29 is 19.6 Å². The van der Waals surface area contributed by atoms with Crippen molar-refractivity contribution in [1.29, 1.82) is 0 Å². The maximum atomic E-state index is 12.0. The fourth-order valence-corrected chi connectivity index (χ4v) is 2.01. The van der Waals surface area contributed by atoms with E-state index in [9.17, 15) is 24.5 Å². The van der Waals surface area contributed by atoms with E-state index in [2.05, 4.69) is 10.3 Å². The quantitative estimate of drug-likeness (QED) is 0.507. The second kappa shape index (κ2) is 5.73. The van der Waals surface area contributed by atoms with E-state index in [1.54, 1.807) is 0 Å². The minimum Gasteiger partial charge on any atom is -0.481 e. The topological polar surface area (TPSA) is 142 Å². The van der Waals surface area contributed by atoms with Crippen LogP contribution < -0.4 is 10.9 Å². The van der Waals surface area contributed by atoms with Gasteiger partial charge in [-0.3, -0.25) is 24.5 Å². The summed E-state index contributed by atoms with van der Waals surface area (Å²) in [5.74, 6) is -1.79. The summed E-state index contributed by atoms with van der Waals surface area (Å²) in [5, 5.41) is 21.9. The summed E-state index contributed by atoms with van der Waals surface area (Å²) in [6.45, 7) is 0. The molecule has 1 saturated carbocycles. The molecule has 1 amide bonds. The van der Waals surface area contributed by atoms with Gasteiger partial charge in [0.15, 0.2) is 0 Å². The Morgan fingerprint density at radius 1 is 1.52 bits per heavy atom. The lowest BCUT2D eigenvalue weighted by atomic mass is 10.1. The van der Waals surface area contributed by atoms with Crippen molar-refractivity contribution >= 4 is 17.6 Å². The normalized spacial score (nSPS) is 15.2. The first-order chi connectivity index (χ1) is 9.88. The molecule has 0 bridgehead atoms. The zero-order valence-corrected chi connectivity index (χ0v) is 10.9. The highest BCUT2D eigenvalue weighted by Gasteiger charge is 2.34. The Kier molecular flexibility index (Phi) is 4.01. The van der Waals surface area contributed by atoms with E-state index in [0.29, 0.717) is 0 Å². The lowest BCUT2D eigenvalue weighted by molar-refractivity contribution is -0.385. The number of carboxylic acids is 1. The fraction of sp³-hybridized carbons (Fsp3) is 0.417. The predicted octanol–water partition coefficient (Wildman–Crippen LogP) is 0.266. The number of aromatic amines is 1. The highest BCUT2D eigenvalue weighted by Crippen LogP contribution is 2.34. The van der Waals surface area contributed by atoms with E-state index in [0.717, 1.165) is 25.1 Å². The maximum absolute atomic E-state index is 12.0. The van der Waals surface area contributed by atoms with Crippen LogP contribution in [-0.2, 0) is 4.79 Å². The number of nitrogens with zero attached hydrogens (tertiary/aromatic N) is 1. The van der Waals surface area contributed by atoms with E-state index in [1.807, 2.05) is 0 Å². The molecule has 21 heavy (non-hydrogen) atoms. The third-order valence-corrected chi connectivity index (χ3v) is 3.25. The molecule has 9 heteroatoms. The van der Waals surface area contributed by atoms with Crippen LogP contribution >= 0.6 is 0 Å². The number of aromatic nitrogens is 1. The van der Waals surface area contributed by atoms with Crippen molar-refractivity contribution in [2.75, 3.05) is 0 Å². The zero-order chi connectivity index (χ0) is 15.6. The van der Waals surface area contributed by atoms with Gasteiger partial charge in [-0.15, -0.1) is 0 Å². The van der Waals surface area contributed by atoms with Gasteiger partial charge < -0.3 is 15.4 Å². The van der Waals surface area contributed by atoms with Crippen LogP contribution in [0, 0.1) is 16.0 Å². The summed E-state index contributed by atoms with van der Waals surface area (Å²) in [6, 6.07) is 0.299. The molecule has 1 aromatic heterocycles. The maximum Gasteiger partial charge on any atom is 0.305 e. The van der Waals surface area contributed by atoms with Crippen molar-refractivity contribution in [1.82, 2.24) is 10.3 Å². The van der Waals surface area contributed by atoms with Crippen molar-refractivity contribution in [3.8, 4) is 0 Å². The molecule has 1 atom stereocenters. The van der Waals surface area contributed by atoms with E-state index in [-0.39, 0.29) is 12.3 Å². The van der Waals surface area contributed by atoms with Gasteiger partial charge in [0, 0.05) is 12.1 Å². The summed E-state index contributed by atoms with van der Waals surface area (Å²) in [7, 11) is 0. The Balaban J connectivity index is 2.18. The molecule has 0 spiro atoms. The minimum atomic E-state index is -1.06. The SMILES string of the molecule is O=C(O)CC(NC(=O)c1cc([N+](=O)[O-])c[nH]c1=O)C1CC1. The molecule has 112 valence electrons. The third-order valence-electron chi connectivity index (χ3n) is 3.25. The van der Waals surface area contributed by atoms with Crippen LogP contribution in [0.2, 0.25) is 0 Å². The molecule has 3 N–H and O–H groups in total. The summed E-state index contributed by atoms with van der Waals surface area (Å²) in [6.07, 6.45) is 2.27. The smallest absolute Gasteiger partial charge is 0.305 e. The molecule has 1 fully saturated rings. The van der Waals surface area contributed by atoms with E-state index < -0.39 is 39.7 Å². The molecule has 0 aromatic carbocycles. The molecule has 9 nitrogen and oxygen atoms in total. The van der Waals surface area contributed by atoms with Crippen molar-refractivity contribution in [3.05, 3.63) is 38.3 Å². The van der Waals surface area contributed by atoms with Gasteiger partial charge in [-0.05, 0) is 18.8 Å². The second-order valence-electron chi connectivity index (χ2n) is 4.87. The predicted molar refractivity (Wildman–Crippen MR) is 69.9 cm³/mol. The van der Waals surface area contributed by atoms with Gasteiger partial charge in [0.1, 0.15) is 5.56 Å². The number of H-pyrrole nitrogens is 1. The molecule has 2 rings (SSSR count). The molecule has 0 saturated heterocycles. The number of hydrogen-bond donors (Lipinski definition) is 3. The molecule has 1 heterocycles. The number of pyridine rings is 1. The lowest BCUT2D eigenvalue weighted by Crippen LogP contribution is -2.40. The summed E-state index contributed by atoms with van der Waals surface area (Å²) in [4.78, 5) is 46.4. The Bertz CT molecular complexity index is 649. The minimum absolute atomic E-state index is 0.0721. The van der Waals surface area contributed by atoms with Crippen molar-refractivity contribution in [2.45, 2.75) is 25.3 Å². The number of carbonyl (C=O) groups is 2. The highest BCUT2D eigenvalue weighted by molar-refractivity contribution is 5.94. The molecule has 1 aliphatic rings. The standard InChI is InChI=1S/C12H13N3O6/c16-10(17)4-9(6-1-2-6)14-12(19)8-3-7(15(20)21)5-13-11(8)18/h3,5-6,9H,1-2,4H2,(H,13,18)(H,14,19)(H,16,17). The summed E-state index contributed by atoms with van der Waals surface area (Å²) >= 11 is 0. The highest BCUT2D eigenvalue weighted by atomic mass is 16.6. The first-order valence-corrected chi connectivity index (χ1v) is 6.28. The number of amides is 1. The molecular formula is C12H13N3O6. The summed E-state index contributed by atoms with van der Waals surface area (Å²) in [5.41, 5.74) is -1.58. The van der Waals surface area contributed by atoms with Gasteiger partial charge >= 0.3 is 5.97 Å². The second-order valence-corrected chi connectivity index (χ2v) is 4.87. The monoisotopic (exact) mass is 295 g/mol. The van der Waals surface area contributed by atoms with E-state index >= 15 is 0 Å². The van der Waals surface area contributed by atoms with Crippen LogP contribution in [0.15, 0.2) is 17.1 Å².